The van der Waals surface area contributed by atoms with E-state index in [0.29, 0.717) is 13.1 Å². The molecule has 1 aliphatic heterocycles. The van der Waals surface area contributed by atoms with Gasteiger partial charge in [-0.3, -0.25) is 9.59 Å². The van der Waals surface area contributed by atoms with E-state index in [-0.39, 0.29) is 30.0 Å². The maximum Gasteiger partial charge on any atom is 0.227 e. The molecule has 0 saturated carbocycles. The van der Waals surface area contributed by atoms with Gasteiger partial charge in [-0.1, -0.05) is 34.1 Å². The largest absolute Gasteiger partial charge is 0.352 e. The highest BCUT2D eigenvalue weighted by Crippen LogP contribution is 2.27. The number of rotatable bonds is 4. The van der Waals surface area contributed by atoms with Crippen LogP contribution in [0.5, 0.6) is 0 Å². The van der Waals surface area contributed by atoms with Gasteiger partial charge >= 0.3 is 0 Å². The summed E-state index contributed by atoms with van der Waals surface area (Å²) in [5.74, 6) is -0.909. The lowest BCUT2D eigenvalue weighted by Gasteiger charge is -2.17. The second-order valence-electron chi connectivity index (χ2n) is 5.73. The number of halogens is 2. The van der Waals surface area contributed by atoms with Gasteiger partial charge in [0, 0.05) is 29.7 Å². The quantitative estimate of drug-likeness (QED) is 0.870. The monoisotopic (exact) mass is 390 g/mol. The van der Waals surface area contributed by atoms with Gasteiger partial charge in [-0.05, 0) is 35.9 Å². The lowest BCUT2D eigenvalue weighted by Crippen LogP contribution is -2.32. The lowest BCUT2D eigenvalue weighted by atomic mass is 10.1. The molecule has 24 heavy (non-hydrogen) atoms. The van der Waals surface area contributed by atoms with Crippen LogP contribution in [0.1, 0.15) is 12.0 Å². The van der Waals surface area contributed by atoms with Crippen molar-refractivity contribution >= 4 is 33.4 Å². The molecule has 1 saturated heterocycles. The summed E-state index contributed by atoms with van der Waals surface area (Å²) in [5, 5.41) is 2.81. The van der Waals surface area contributed by atoms with Crippen molar-refractivity contribution in [1.29, 1.82) is 0 Å². The number of hydrogen-bond donors (Lipinski definition) is 1. The fraction of sp³-hybridized carbons (Fsp3) is 0.222. The summed E-state index contributed by atoms with van der Waals surface area (Å²) in [7, 11) is 0. The number of nitrogens with one attached hydrogen (secondary N) is 1. The second kappa shape index (κ2) is 7.13. The zero-order chi connectivity index (χ0) is 17.1. The minimum atomic E-state index is -0.378. The molecule has 4 nitrogen and oxygen atoms in total. The Morgan fingerprint density at radius 2 is 2.00 bits per heavy atom. The Morgan fingerprint density at radius 3 is 2.71 bits per heavy atom. The molecule has 6 heteroatoms. The molecule has 1 atom stereocenters. The van der Waals surface area contributed by atoms with Crippen molar-refractivity contribution in [3.8, 4) is 0 Å². The molecule has 0 bridgehead atoms. The molecule has 1 unspecified atom stereocenters. The molecule has 124 valence electrons. The minimum Gasteiger partial charge on any atom is -0.352 e. The van der Waals surface area contributed by atoms with E-state index < -0.39 is 0 Å². The number of anilines is 1. The van der Waals surface area contributed by atoms with Gasteiger partial charge in [0.2, 0.25) is 11.8 Å². The zero-order valence-electron chi connectivity index (χ0n) is 12.8. The standard InChI is InChI=1S/C18H16BrFN2O2/c19-14-2-1-3-16(9-14)22-11-13(8-17(22)23)18(24)21-10-12-4-6-15(20)7-5-12/h1-7,9,13H,8,10-11H2,(H,21,24). The van der Waals surface area contributed by atoms with E-state index in [1.807, 2.05) is 24.3 Å². The Bertz CT molecular complexity index is 764. The van der Waals surface area contributed by atoms with Gasteiger partial charge in [0.1, 0.15) is 5.82 Å². The third kappa shape index (κ3) is 3.82. The average Bonchev–Trinajstić information content (AvgIpc) is 2.96. The Morgan fingerprint density at radius 1 is 1.25 bits per heavy atom. The van der Waals surface area contributed by atoms with Gasteiger partial charge in [-0.2, -0.15) is 0 Å². The van der Waals surface area contributed by atoms with E-state index in [1.165, 1.54) is 12.1 Å². The van der Waals surface area contributed by atoms with Crippen LogP contribution >= 0.6 is 15.9 Å². The van der Waals surface area contributed by atoms with Crippen molar-refractivity contribution in [3.63, 3.8) is 0 Å². The molecule has 1 heterocycles. The van der Waals surface area contributed by atoms with E-state index in [2.05, 4.69) is 21.2 Å². The fourth-order valence-electron chi connectivity index (χ4n) is 2.71. The van der Waals surface area contributed by atoms with Crippen LogP contribution in [-0.2, 0) is 16.1 Å². The first kappa shape index (κ1) is 16.6. The van der Waals surface area contributed by atoms with E-state index in [4.69, 9.17) is 0 Å². The zero-order valence-corrected chi connectivity index (χ0v) is 14.4. The first-order chi connectivity index (χ1) is 11.5. The molecule has 0 aliphatic carbocycles. The molecule has 1 fully saturated rings. The number of carbonyl (C=O) groups excluding carboxylic acids is 2. The maximum absolute atomic E-state index is 12.9. The summed E-state index contributed by atoms with van der Waals surface area (Å²) < 4.78 is 13.8. The summed E-state index contributed by atoms with van der Waals surface area (Å²) in [6, 6.07) is 13.4. The smallest absolute Gasteiger partial charge is 0.227 e. The maximum atomic E-state index is 12.9. The molecule has 3 rings (SSSR count). The van der Waals surface area contributed by atoms with Crippen molar-refractivity contribution in [3.05, 3.63) is 64.4 Å². The van der Waals surface area contributed by atoms with Crippen LogP contribution in [0, 0.1) is 11.7 Å². The van der Waals surface area contributed by atoms with Crippen LogP contribution in [-0.4, -0.2) is 18.4 Å². The predicted octanol–water partition coefficient (Wildman–Crippen LogP) is 3.26. The molecule has 1 N–H and O–H groups in total. The Balaban J connectivity index is 1.60. The van der Waals surface area contributed by atoms with Crippen molar-refractivity contribution in [2.75, 3.05) is 11.4 Å². The highest BCUT2D eigenvalue weighted by Gasteiger charge is 2.35. The van der Waals surface area contributed by atoms with Crippen LogP contribution < -0.4 is 10.2 Å². The molecule has 0 spiro atoms. The van der Waals surface area contributed by atoms with Gasteiger partial charge in [-0.25, -0.2) is 4.39 Å². The first-order valence-corrected chi connectivity index (χ1v) is 8.40. The van der Waals surface area contributed by atoms with Gasteiger partial charge in [0.05, 0.1) is 5.92 Å². The van der Waals surface area contributed by atoms with Crippen LogP contribution in [0.15, 0.2) is 53.0 Å². The van der Waals surface area contributed by atoms with Crippen molar-refractivity contribution < 1.29 is 14.0 Å². The SMILES string of the molecule is O=C(NCc1ccc(F)cc1)C1CC(=O)N(c2cccc(Br)c2)C1. The van der Waals surface area contributed by atoms with Crippen molar-refractivity contribution in [2.24, 2.45) is 5.92 Å². The Kier molecular flexibility index (Phi) is 4.94. The van der Waals surface area contributed by atoms with Crippen LogP contribution in [0.3, 0.4) is 0 Å². The van der Waals surface area contributed by atoms with Crippen molar-refractivity contribution in [1.82, 2.24) is 5.32 Å². The Labute approximate surface area is 147 Å². The molecule has 2 aromatic rings. The molecule has 0 radical (unpaired) electrons. The van der Waals surface area contributed by atoms with Crippen LogP contribution in [0.25, 0.3) is 0 Å². The number of amides is 2. The fourth-order valence-corrected chi connectivity index (χ4v) is 3.10. The predicted molar refractivity (Wildman–Crippen MR) is 92.8 cm³/mol. The number of carbonyl (C=O) groups is 2. The molecule has 2 aromatic carbocycles. The third-order valence-electron chi connectivity index (χ3n) is 4.00. The van der Waals surface area contributed by atoms with Crippen LogP contribution in [0.4, 0.5) is 10.1 Å². The molecule has 2 amide bonds. The third-order valence-corrected chi connectivity index (χ3v) is 4.49. The summed E-state index contributed by atoms with van der Waals surface area (Å²) in [6.45, 7) is 0.686. The topological polar surface area (TPSA) is 49.4 Å². The van der Waals surface area contributed by atoms with Gasteiger partial charge in [0.25, 0.3) is 0 Å². The average molecular weight is 391 g/mol. The van der Waals surface area contributed by atoms with E-state index in [9.17, 15) is 14.0 Å². The molecular weight excluding hydrogens is 375 g/mol. The van der Waals surface area contributed by atoms with E-state index in [1.54, 1.807) is 17.0 Å². The highest BCUT2D eigenvalue weighted by molar-refractivity contribution is 9.10. The summed E-state index contributed by atoms with van der Waals surface area (Å²) in [4.78, 5) is 26.1. The molecule has 1 aliphatic rings. The summed E-state index contributed by atoms with van der Waals surface area (Å²) in [5.41, 5.74) is 1.60. The summed E-state index contributed by atoms with van der Waals surface area (Å²) in [6.07, 6.45) is 0.196. The number of nitrogens with zero attached hydrogens (tertiary/aromatic N) is 1. The van der Waals surface area contributed by atoms with Crippen LogP contribution in [0.2, 0.25) is 0 Å². The normalized spacial score (nSPS) is 17.2. The summed E-state index contributed by atoms with van der Waals surface area (Å²) >= 11 is 3.39. The highest BCUT2D eigenvalue weighted by atomic mass is 79.9. The number of benzene rings is 2. The van der Waals surface area contributed by atoms with Gasteiger partial charge in [0.15, 0.2) is 0 Å². The van der Waals surface area contributed by atoms with Crippen molar-refractivity contribution in [2.45, 2.75) is 13.0 Å². The molecule has 0 aromatic heterocycles. The lowest BCUT2D eigenvalue weighted by molar-refractivity contribution is -0.126. The minimum absolute atomic E-state index is 0.0602. The number of hydrogen-bond acceptors (Lipinski definition) is 2. The second-order valence-corrected chi connectivity index (χ2v) is 6.65. The van der Waals surface area contributed by atoms with Gasteiger partial charge < -0.3 is 10.2 Å². The van der Waals surface area contributed by atoms with E-state index in [0.717, 1.165) is 15.7 Å². The first-order valence-electron chi connectivity index (χ1n) is 7.61. The Hall–Kier alpha value is -2.21. The molecular formula is C18H16BrFN2O2. The van der Waals surface area contributed by atoms with E-state index >= 15 is 0 Å². The van der Waals surface area contributed by atoms with Gasteiger partial charge in [-0.15, -0.1) is 0 Å².